The molecule has 1 aromatic rings. The van der Waals surface area contributed by atoms with E-state index < -0.39 is 0 Å². The minimum absolute atomic E-state index is 0.0900. The first-order chi connectivity index (χ1) is 9.59. The molecule has 0 aromatic heterocycles. The average Bonchev–Trinajstić information content (AvgIpc) is 2.74. The highest BCUT2D eigenvalue weighted by atomic mass is 16.3. The van der Waals surface area contributed by atoms with Gasteiger partial charge in [-0.1, -0.05) is 18.6 Å². The molecule has 2 heteroatoms. The second-order valence-corrected chi connectivity index (χ2v) is 6.78. The second-order valence-electron chi connectivity index (χ2n) is 6.78. The van der Waals surface area contributed by atoms with Crippen LogP contribution in [-0.4, -0.2) is 10.9 Å². The van der Waals surface area contributed by atoms with Gasteiger partial charge in [0.05, 0.1) is 0 Å². The van der Waals surface area contributed by atoms with E-state index in [0.29, 0.717) is 17.5 Å². The summed E-state index contributed by atoms with van der Waals surface area (Å²) in [5.41, 5.74) is 5.53. The fourth-order valence-electron chi connectivity index (χ4n) is 4.69. The van der Waals surface area contributed by atoms with Gasteiger partial charge in [0, 0.05) is 11.8 Å². The van der Waals surface area contributed by atoms with Gasteiger partial charge in [0.2, 0.25) is 0 Å². The quantitative estimate of drug-likeness (QED) is 0.775. The van der Waals surface area contributed by atoms with E-state index in [1.165, 1.54) is 16.7 Å². The summed E-state index contributed by atoms with van der Waals surface area (Å²) >= 11 is 0. The Morgan fingerprint density at radius 3 is 2.90 bits per heavy atom. The maximum Gasteiger partial charge on any atom is 0.139 e. The molecule has 0 radical (unpaired) electrons. The molecule has 4 rings (SSSR count). The number of aromatic hydroxyl groups is 1. The van der Waals surface area contributed by atoms with Crippen molar-refractivity contribution in [1.29, 1.82) is 0 Å². The Morgan fingerprint density at radius 1 is 1.20 bits per heavy atom. The van der Waals surface area contributed by atoms with Gasteiger partial charge in [0.25, 0.3) is 0 Å². The number of Topliss-reactive ketones (excluding diaryl/α,β-unsaturated/α-hetero) is 1. The molecule has 2 atom stereocenters. The summed E-state index contributed by atoms with van der Waals surface area (Å²) in [4.78, 5) is 12.2. The van der Waals surface area contributed by atoms with Crippen molar-refractivity contribution in [3.63, 3.8) is 0 Å². The maximum atomic E-state index is 12.2. The van der Waals surface area contributed by atoms with Crippen molar-refractivity contribution in [2.45, 2.75) is 45.4 Å². The van der Waals surface area contributed by atoms with Gasteiger partial charge < -0.3 is 5.11 Å². The molecule has 104 valence electrons. The van der Waals surface area contributed by atoms with Crippen LogP contribution in [0.15, 0.2) is 23.8 Å². The molecule has 0 heterocycles. The lowest BCUT2D eigenvalue weighted by Crippen LogP contribution is -2.34. The molecule has 0 spiro atoms. The van der Waals surface area contributed by atoms with Crippen molar-refractivity contribution in [1.82, 2.24) is 0 Å². The van der Waals surface area contributed by atoms with Crippen LogP contribution < -0.4 is 0 Å². The van der Waals surface area contributed by atoms with Crippen LogP contribution >= 0.6 is 0 Å². The van der Waals surface area contributed by atoms with Gasteiger partial charge in [0.1, 0.15) is 11.5 Å². The normalized spacial score (nSPS) is 31.9. The topological polar surface area (TPSA) is 37.3 Å². The molecule has 1 fully saturated rings. The predicted molar refractivity (Wildman–Crippen MR) is 78.4 cm³/mol. The number of fused-ring (bicyclic) bond motifs is 4. The molecule has 0 saturated heterocycles. The number of phenols is 1. The first-order valence-corrected chi connectivity index (χ1v) is 7.67. The van der Waals surface area contributed by atoms with Crippen LogP contribution in [0.4, 0.5) is 0 Å². The van der Waals surface area contributed by atoms with E-state index in [4.69, 9.17) is 0 Å². The lowest BCUT2D eigenvalue weighted by atomic mass is 9.63. The van der Waals surface area contributed by atoms with E-state index in [-0.39, 0.29) is 5.41 Å². The summed E-state index contributed by atoms with van der Waals surface area (Å²) in [6.07, 6.45) is 5.89. The molecule has 0 unspecified atom stereocenters. The molecule has 0 amide bonds. The maximum absolute atomic E-state index is 12.2. The van der Waals surface area contributed by atoms with Crippen molar-refractivity contribution < 1.29 is 9.90 Å². The summed E-state index contributed by atoms with van der Waals surface area (Å²) in [6, 6.07) is 5.77. The molecule has 0 bridgehead atoms. The van der Waals surface area contributed by atoms with Gasteiger partial charge in [-0.3, -0.25) is 4.79 Å². The molecule has 20 heavy (non-hydrogen) atoms. The molecule has 1 aromatic carbocycles. The highest BCUT2D eigenvalue weighted by Crippen LogP contribution is 2.56. The van der Waals surface area contributed by atoms with Crippen LogP contribution in [-0.2, 0) is 11.2 Å². The van der Waals surface area contributed by atoms with Crippen LogP contribution in [0.1, 0.15) is 50.2 Å². The Morgan fingerprint density at radius 2 is 2.05 bits per heavy atom. The van der Waals surface area contributed by atoms with Gasteiger partial charge in [-0.25, -0.2) is 0 Å². The number of ketones is 1. The zero-order valence-corrected chi connectivity index (χ0v) is 11.9. The highest BCUT2D eigenvalue weighted by Gasteiger charge is 2.50. The Labute approximate surface area is 119 Å². The van der Waals surface area contributed by atoms with Gasteiger partial charge in [-0.2, -0.15) is 0 Å². The van der Waals surface area contributed by atoms with Crippen LogP contribution in [0.5, 0.6) is 5.75 Å². The molecule has 0 aliphatic heterocycles. The van der Waals surface area contributed by atoms with E-state index in [1.54, 1.807) is 11.6 Å². The number of rotatable bonds is 0. The Balaban J connectivity index is 1.85. The number of benzene rings is 1. The predicted octanol–water partition coefficient (Wildman–Crippen LogP) is 3.87. The standard InChI is InChI=1S/C18H20O2/c1-18-9-8-14-13-5-3-12(19)10-11(13)2-4-15(14)16(18)6-7-17(18)20/h3,5,10,16,19H,2,4,6-9H2,1H3/t16-,18-/m1/s1. The molecular formula is C18H20O2. The molecule has 1 N–H and O–H groups in total. The monoisotopic (exact) mass is 268 g/mol. The SMILES string of the molecule is C[C@@]12CCC3=C(CCc4cc(O)ccc43)[C@H]1CCC2=O. The van der Waals surface area contributed by atoms with Gasteiger partial charge >= 0.3 is 0 Å². The van der Waals surface area contributed by atoms with Crippen LogP contribution in [0, 0.1) is 11.3 Å². The van der Waals surface area contributed by atoms with Gasteiger partial charge in [0.15, 0.2) is 0 Å². The number of hydrogen-bond acceptors (Lipinski definition) is 2. The van der Waals surface area contributed by atoms with E-state index in [9.17, 15) is 9.90 Å². The van der Waals surface area contributed by atoms with Crippen LogP contribution in [0.3, 0.4) is 0 Å². The van der Waals surface area contributed by atoms with Crippen molar-refractivity contribution in [3.8, 4) is 5.75 Å². The van der Waals surface area contributed by atoms with Crippen molar-refractivity contribution in [2.75, 3.05) is 0 Å². The number of allylic oxidation sites excluding steroid dienone is 2. The smallest absolute Gasteiger partial charge is 0.139 e. The van der Waals surface area contributed by atoms with Gasteiger partial charge in [-0.05, 0) is 66.9 Å². The zero-order chi connectivity index (χ0) is 13.9. The lowest BCUT2D eigenvalue weighted by Gasteiger charge is -2.40. The third-order valence-electron chi connectivity index (χ3n) is 5.85. The summed E-state index contributed by atoms with van der Waals surface area (Å²) in [6.45, 7) is 2.18. The summed E-state index contributed by atoms with van der Waals surface area (Å²) in [5, 5.41) is 9.65. The molecular weight excluding hydrogens is 248 g/mol. The Hall–Kier alpha value is -1.57. The lowest BCUT2D eigenvalue weighted by molar-refractivity contribution is -0.126. The fraction of sp³-hybridized carbons (Fsp3) is 0.500. The summed E-state index contributed by atoms with van der Waals surface area (Å²) in [7, 11) is 0. The van der Waals surface area contributed by atoms with E-state index in [0.717, 1.165) is 38.5 Å². The summed E-state index contributed by atoms with van der Waals surface area (Å²) < 4.78 is 0. The molecule has 2 nitrogen and oxygen atoms in total. The Bertz CT molecular complexity index is 641. The number of phenolic OH excluding ortho intramolecular Hbond substituents is 1. The number of carbonyl (C=O) groups is 1. The second kappa shape index (κ2) is 3.97. The average molecular weight is 268 g/mol. The minimum Gasteiger partial charge on any atom is -0.508 e. The van der Waals surface area contributed by atoms with Crippen molar-refractivity contribution in [2.24, 2.45) is 11.3 Å². The van der Waals surface area contributed by atoms with Crippen LogP contribution in [0.2, 0.25) is 0 Å². The minimum atomic E-state index is -0.0900. The van der Waals surface area contributed by atoms with Crippen LogP contribution in [0.25, 0.3) is 5.57 Å². The fourth-order valence-corrected chi connectivity index (χ4v) is 4.69. The molecule has 1 saturated carbocycles. The van der Waals surface area contributed by atoms with Crippen molar-refractivity contribution >= 4 is 11.4 Å². The van der Waals surface area contributed by atoms with E-state index in [2.05, 4.69) is 13.0 Å². The summed E-state index contributed by atoms with van der Waals surface area (Å²) in [5.74, 6) is 1.32. The van der Waals surface area contributed by atoms with Crippen molar-refractivity contribution in [3.05, 3.63) is 34.9 Å². The zero-order valence-electron chi connectivity index (χ0n) is 11.9. The number of hydrogen-bond donors (Lipinski definition) is 1. The number of carbonyl (C=O) groups excluding carboxylic acids is 1. The molecule has 3 aliphatic rings. The molecule has 3 aliphatic carbocycles. The van der Waals surface area contributed by atoms with E-state index in [1.807, 2.05) is 6.07 Å². The Kier molecular flexibility index (Phi) is 2.42. The number of aryl methyl sites for hydroxylation is 1. The third kappa shape index (κ3) is 1.48. The first-order valence-electron chi connectivity index (χ1n) is 7.67. The highest BCUT2D eigenvalue weighted by molar-refractivity contribution is 5.90. The largest absolute Gasteiger partial charge is 0.508 e. The van der Waals surface area contributed by atoms with Gasteiger partial charge in [-0.15, -0.1) is 0 Å². The first kappa shape index (κ1) is 12.2. The third-order valence-corrected chi connectivity index (χ3v) is 5.85. The van der Waals surface area contributed by atoms with E-state index >= 15 is 0 Å².